The van der Waals surface area contributed by atoms with E-state index in [-0.39, 0.29) is 17.7 Å². The number of nitrogens with one attached hydrogen (secondary N) is 1. The Morgan fingerprint density at radius 2 is 2.00 bits per heavy atom. The van der Waals surface area contributed by atoms with Crippen LogP contribution in [0.5, 0.6) is 0 Å². The standard InChI is InChI=1S/C16H19ClN2O2/c1-9-4-7-12(17)13(8-9)19-10(2)14(20)18-16(3,15(19)21)11-5-6-11/h4,7-8,10-11H,5-6H2,1-3H3,(H,18,20). The average Bonchev–Trinajstić information content (AvgIpc) is 3.25. The number of benzene rings is 1. The first kappa shape index (κ1) is 14.4. The molecule has 1 saturated heterocycles. The van der Waals surface area contributed by atoms with Crippen LogP contribution in [0.3, 0.4) is 0 Å². The maximum Gasteiger partial charge on any atom is 0.253 e. The topological polar surface area (TPSA) is 49.4 Å². The summed E-state index contributed by atoms with van der Waals surface area (Å²) in [4.78, 5) is 26.9. The van der Waals surface area contributed by atoms with E-state index >= 15 is 0 Å². The van der Waals surface area contributed by atoms with Crippen LogP contribution in [0.15, 0.2) is 18.2 Å². The van der Waals surface area contributed by atoms with Crippen LogP contribution in [-0.4, -0.2) is 23.4 Å². The Hall–Kier alpha value is -1.55. The van der Waals surface area contributed by atoms with Gasteiger partial charge in [-0.15, -0.1) is 0 Å². The second-order valence-electron chi connectivity index (χ2n) is 6.27. The van der Waals surface area contributed by atoms with Gasteiger partial charge in [-0.1, -0.05) is 17.7 Å². The molecule has 21 heavy (non-hydrogen) atoms. The fraction of sp³-hybridized carbons (Fsp3) is 0.500. The molecule has 0 aromatic heterocycles. The number of carbonyl (C=O) groups is 2. The van der Waals surface area contributed by atoms with Gasteiger partial charge in [0.2, 0.25) is 5.91 Å². The number of piperazine rings is 1. The maximum absolute atomic E-state index is 13.0. The van der Waals surface area contributed by atoms with Gasteiger partial charge in [0, 0.05) is 0 Å². The third kappa shape index (κ3) is 2.22. The SMILES string of the molecule is Cc1ccc(Cl)c(N2C(=O)C(C)(C3CC3)NC(=O)C2C)c1. The Morgan fingerprint density at radius 1 is 1.33 bits per heavy atom. The maximum atomic E-state index is 13.0. The second kappa shape index (κ2) is 4.73. The monoisotopic (exact) mass is 306 g/mol. The lowest BCUT2D eigenvalue weighted by Gasteiger charge is -2.43. The van der Waals surface area contributed by atoms with Crippen molar-refractivity contribution >= 4 is 29.1 Å². The van der Waals surface area contributed by atoms with Crippen molar-refractivity contribution in [2.75, 3.05) is 4.90 Å². The van der Waals surface area contributed by atoms with Crippen molar-refractivity contribution in [3.8, 4) is 0 Å². The molecule has 1 aromatic rings. The van der Waals surface area contributed by atoms with Crippen LogP contribution in [-0.2, 0) is 9.59 Å². The van der Waals surface area contributed by atoms with Crippen molar-refractivity contribution in [3.05, 3.63) is 28.8 Å². The van der Waals surface area contributed by atoms with E-state index in [2.05, 4.69) is 5.32 Å². The van der Waals surface area contributed by atoms with Crippen LogP contribution in [0.2, 0.25) is 5.02 Å². The van der Waals surface area contributed by atoms with E-state index in [9.17, 15) is 9.59 Å². The van der Waals surface area contributed by atoms with Crippen molar-refractivity contribution in [3.63, 3.8) is 0 Å². The second-order valence-corrected chi connectivity index (χ2v) is 6.68. The minimum Gasteiger partial charge on any atom is -0.340 e. The zero-order chi connectivity index (χ0) is 15.4. The number of nitrogens with zero attached hydrogens (tertiary/aromatic N) is 1. The van der Waals surface area contributed by atoms with E-state index in [0.717, 1.165) is 18.4 Å². The first-order valence-corrected chi connectivity index (χ1v) is 7.64. The average molecular weight is 307 g/mol. The number of rotatable bonds is 2. The van der Waals surface area contributed by atoms with Crippen molar-refractivity contribution in [1.82, 2.24) is 5.32 Å². The summed E-state index contributed by atoms with van der Waals surface area (Å²) in [5.41, 5.74) is 0.820. The summed E-state index contributed by atoms with van der Waals surface area (Å²) in [6.45, 7) is 5.50. The number of halogens is 1. The number of amides is 2. The smallest absolute Gasteiger partial charge is 0.253 e. The van der Waals surface area contributed by atoms with Gasteiger partial charge >= 0.3 is 0 Å². The van der Waals surface area contributed by atoms with Crippen LogP contribution in [0, 0.1) is 12.8 Å². The molecule has 1 aliphatic carbocycles. The van der Waals surface area contributed by atoms with E-state index in [1.807, 2.05) is 26.0 Å². The highest BCUT2D eigenvalue weighted by atomic mass is 35.5. The van der Waals surface area contributed by atoms with Gasteiger partial charge in [-0.2, -0.15) is 0 Å². The molecule has 3 rings (SSSR count). The molecule has 1 saturated carbocycles. The van der Waals surface area contributed by atoms with Gasteiger partial charge < -0.3 is 5.32 Å². The first-order valence-electron chi connectivity index (χ1n) is 7.26. The van der Waals surface area contributed by atoms with E-state index in [4.69, 9.17) is 11.6 Å². The normalized spacial score (nSPS) is 29.5. The lowest BCUT2D eigenvalue weighted by molar-refractivity contribution is -0.138. The Morgan fingerprint density at radius 3 is 2.62 bits per heavy atom. The molecule has 2 aliphatic rings. The summed E-state index contributed by atoms with van der Waals surface area (Å²) in [7, 11) is 0. The van der Waals surface area contributed by atoms with Gasteiger partial charge in [-0.3, -0.25) is 14.5 Å². The Kier molecular flexibility index (Phi) is 3.24. The number of hydrogen-bond acceptors (Lipinski definition) is 2. The van der Waals surface area contributed by atoms with Crippen molar-refractivity contribution < 1.29 is 9.59 Å². The third-order valence-corrected chi connectivity index (χ3v) is 4.89. The highest BCUT2D eigenvalue weighted by molar-refractivity contribution is 6.34. The van der Waals surface area contributed by atoms with Crippen LogP contribution < -0.4 is 10.2 Å². The highest BCUT2D eigenvalue weighted by Crippen LogP contribution is 2.43. The van der Waals surface area contributed by atoms with Crippen molar-refractivity contribution in [2.24, 2.45) is 5.92 Å². The van der Waals surface area contributed by atoms with Crippen LogP contribution in [0.1, 0.15) is 32.3 Å². The molecule has 1 heterocycles. The Bertz CT molecular complexity index is 627. The van der Waals surface area contributed by atoms with E-state index in [1.54, 1.807) is 17.9 Å². The van der Waals surface area contributed by atoms with Crippen molar-refractivity contribution in [2.45, 2.75) is 45.2 Å². The summed E-state index contributed by atoms with van der Waals surface area (Å²) < 4.78 is 0. The number of aryl methyl sites for hydroxylation is 1. The molecular formula is C16H19ClN2O2. The largest absolute Gasteiger partial charge is 0.340 e. The summed E-state index contributed by atoms with van der Waals surface area (Å²) in [6, 6.07) is 4.98. The van der Waals surface area contributed by atoms with Gasteiger partial charge in [0.1, 0.15) is 11.6 Å². The van der Waals surface area contributed by atoms with E-state index < -0.39 is 11.6 Å². The van der Waals surface area contributed by atoms with Crippen LogP contribution in [0.25, 0.3) is 0 Å². The lowest BCUT2D eigenvalue weighted by atomic mass is 9.89. The van der Waals surface area contributed by atoms with Gasteiger partial charge in [0.25, 0.3) is 5.91 Å². The summed E-state index contributed by atoms with van der Waals surface area (Å²) in [5.74, 6) is 0.0405. The molecule has 1 N–H and O–H groups in total. The zero-order valence-corrected chi connectivity index (χ0v) is 13.2. The highest BCUT2D eigenvalue weighted by Gasteiger charge is 2.55. The molecule has 1 aliphatic heterocycles. The minimum atomic E-state index is -0.809. The number of carbonyl (C=O) groups excluding carboxylic acids is 2. The molecule has 1 aromatic carbocycles. The van der Waals surface area contributed by atoms with Gasteiger partial charge in [0.05, 0.1) is 10.7 Å². The summed E-state index contributed by atoms with van der Waals surface area (Å²) in [5, 5.41) is 3.41. The molecule has 0 spiro atoms. The Balaban J connectivity index is 2.07. The molecular weight excluding hydrogens is 288 g/mol. The van der Waals surface area contributed by atoms with Gasteiger partial charge in [0.15, 0.2) is 0 Å². The third-order valence-electron chi connectivity index (χ3n) is 4.57. The predicted molar refractivity (Wildman–Crippen MR) is 82.4 cm³/mol. The van der Waals surface area contributed by atoms with E-state index in [1.165, 1.54) is 0 Å². The molecule has 2 fully saturated rings. The lowest BCUT2D eigenvalue weighted by Crippen LogP contribution is -2.70. The fourth-order valence-corrected chi connectivity index (χ4v) is 3.23. The number of hydrogen-bond donors (Lipinski definition) is 1. The molecule has 112 valence electrons. The summed E-state index contributed by atoms with van der Waals surface area (Å²) >= 11 is 6.27. The van der Waals surface area contributed by atoms with Crippen LogP contribution >= 0.6 is 11.6 Å². The zero-order valence-electron chi connectivity index (χ0n) is 12.4. The van der Waals surface area contributed by atoms with Gasteiger partial charge in [-0.05, 0) is 57.2 Å². The molecule has 0 bridgehead atoms. The molecule has 5 heteroatoms. The molecule has 0 radical (unpaired) electrons. The fourth-order valence-electron chi connectivity index (χ4n) is 3.02. The van der Waals surface area contributed by atoms with Crippen LogP contribution in [0.4, 0.5) is 5.69 Å². The predicted octanol–water partition coefficient (Wildman–Crippen LogP) is 2.67. The molecule has 2 amide bonds. The minimum absolute atomic E-state index is 0.0652. The van der Waals surface area contributed by atoms with E-state index in [0.29, 0.717) is 10.7 Å². The quantitative estimate of drug-likeness (QED) is 0.913. The summed E-state index contributed by atoms with van der Waals surface area (Å²) in [6.07, 6.45) is 1.96. The molecule has 2 atom stereocenters. The van der Waals surface area contributed by atoms with Gasteiger partial charge in [-0.25, -0.2) is 0 Å². The number of anilines is 1. The first-order chi connectivity index (χ1) is 9.84. The van der Waals surface area contributed by atoms with Crippen molar-refractivity contribution in [1.29, 1.82) is 0 Å². The molecule has 2 unspecified atom stereocenters. The molecule has 4 nitrogen and oxygen atoms in total. The Labute approximate surface area is 129 Å².